The van der Waals surface area contributed by atoms with Gasteiger partial charge in [0.2, 0.25) is 11.7 Å². The minimum absolute atomic E-state index is 0.00984. The Hall–Kier alpha value is -2.44. The lowest BCUT2D eigenvalue weighted by molar-refractivity contribution is -0.139. The number of amides is 1. The molecule has 2 rings (SSSR count). The number of methoxy groups -OCH3 is 3. The van der Waals surface area contributed by atoms with Gasteiger partial charge in [0.1, 0.15) is 0 Å². The van der Waals surface area contributed by atoms with Crippen LogP contribution in [0.3, 0.4) is 0 Å². The summed E-state index contributed by atoms with van der Waals surface area (Å²) >= 11 is 0. The van der Waals surface area contributed by atoms with E-state index in [1.165, 1.54) is 0 Å². The number of carboxylic acids is 1. The number of ether oxygens (including phenoxy) is 3. The van der Waals surface area contributed by atoms with E-state index in [4.69, 9.17) is 19.3 Å². The zero-order valence-corrected chi connectivity index (χ0v) is 14.9. The Morgan fingerprint density at radius 3 is 2.32 bits per heavy atom. The fourth-order valence-electron chi connectivity index (χ4n) is 3.25. The third kappa shape index (κ3) is 4.55. The quantitative estimate of drug-likeness (QED) is 0.772. The maximum Gasteiger partial charge on any atom is 0.305 e. The Balaban J connectivity index is 2.05. The Labute approximate surface area is 147 Å². The topological polar surface area (TPSA) is 85.3 Å². The molecule has 1 heterocycles. The lowest BCUT2D eigenvalue weighted by atomic mass is 10.1. The zero-order chi connectivity index (χ0) is 18.4. The molecular weight excluding hydrogens is 326 g/mol. The zero-order valence-electron chi connectivity index (χ0n) is 14.9. The van der Waals surface area contributed by atoms with E-state index in [-0.39, 0.29) is 18.4 Å². The Bertz CT molecular complexity index is 605. The Kier molecular flexibility index (Phi) is 6.50. The van der Waals surface area contributed by atoms with Gasteiger partial charge in [-0.15, -0.1) is 0 Å². The largest absolute Gasteiger partial charge is 0.493 e. The first-order valence-electron chi connectivity index (χ1n) is 8.30. The van der Waals surface area contributed by atoms with E-state index in [1.54, 1.807) is 26.2 Å². The second kappa shape index (κ2) is 8.60. The molecule has 0 bridgehead atoms. The molecular formula is C18H25NO6. The van der Waals surface area contributed by atoms with Gasteiger partial charge >= 0.3 is 5.97 Å². The highest BCUT2D eigenvalue weighted by Crippen LogP contribution is 2.38. The van der Waals surface area contributed by atoms with Crippen molar-refractivity contribution in [1.82, 2.24) is 4.90 Å². The van der Waals surface area contributed by atoms with Crippen LogP contribution in [-0.2, 0) is 16.0 Å². The van der Waals surface area contributed by atoms with Gasteiger partial charge in [-0.05, 0) is 37.0 Å². The van der Waals surface area contributed by atoms with Crippen LogP contribution in [0.5, 0.6) is 17.2 Å². The van der Waals surface area contributed by atoms with Crippen LogP contribution in [-0.4, -0.2) is 55.8 Å². The van der Waals surface area contributed by atoms with Gasteiger partial charge in [-0.1, -0.05) is 0 Å². The predicted molar refractivity (Wildman–Crippen MR) is 91.4 cm³/mol. The van der Waals surface area contributed by atoms with Crippen LogP contribution in [0.4, 0.5) is 0 Å². The number of hydrogen-bond donors (Lipinski definition) is 1. The molecule has 1 fully saturated rings. The van der Waals surface area contributed by atoms with Gasteiger partial charge in [-0.2, -0.15) is 0 Å². The first kappa shape index (κ1) is 18.9. The van der Waals surface area contributed by atoms with Crippen molar-refractivity contribution in [3.8, 4) is 17.2 Å². The van der Waals surface area contributed by atoms with Crippen molar-refractivity contribution >= 4 is 11.9 Å². The SMILES string of the molecule is COc1cc(CCC(=O)N2CCCC2CC(=O)O)cc(OC)c1OC. The van der Waals surface area contributed by atoms with Gasteiger partial charge in [0, 0.05) is 19.0 Å². The van der Waals surface area contributed by atoms with Crippen molar-refractivity contribution in [1.29, 1.82) is 0 Å². The van der Waals surface area contributed by atoms with Crippen molar-refractivity contribution in [2.75, 3.05) is 27.9 Å². The minimum atomic E-state index is -0.866. The van der Waals surface area contributed by atoms with Gasteiger partial charge in [0.05, 0.1) is 27.8 Å². The van der Waals surface area contributed by atoms with E-state index in [2.05, 4.69) is 0 Å². The number of hydrogen-bond acceptors (Lipinski definition) is 5. The van der Waals surface area contributed by atoms with Crippen LogP contribution in [0.2, 0.25) is 0 Å². The first-order valence-corrected chi connectivity index (χ1v) is 8.30. The van der Waals surface area contributed by atoms with E-state index in [0.717, 1.165) is 18.4 Å². The minimum Gasteiger partial charge on any atom is -0.493 e. The third-order valence-corrected chi connectivity index (χ3v) is 4.46. The number of carbonyl (C=O) groups is 2. The summed E-state index contributed by atoms with van der Waals surface area (Å²) in [5.41, 5.74) is 0.900. The molecule has 1 unspecified atom stereocenters. The molecule has 1 saturated heterocycles. The predicted octanol–water partition coefficient (Wildman–Crippen LogP) is 2.11. The van der Waals surface area contributed by atoms with Crippen LogP contribution in [0.15, 0.2) is 12.1 Å². The summed E-state index contributed by atoms with van der Waals surface area (Å²) in [6.07, 6.45) is 2.45. The van der Waals surface area contributed by atoms with Crippen molar-refractivity contribution in [2.45, 2.75) is 38.1 Å². The summed E-state index contributed by atoms with van der Waals surface area (Å²) in [7, 11) is 4.64. The molecule has 1 atom stereocenters. The van der Waals surface area contributed by atoms with Crippen molar-refractivity contribution in [3.05, 3.63) is 17.7 Å². The average molecular weight is 351 g/mol. The lowest BCUT2D eigenvalue weighted by Gasteiger charge is -2.23. The molecule has 1 aromatic rings. The lowest BCUT2D eigenvalue weighted by Crippen LogP contribution is -2.36. The number of likely N-dealkylation sites (tertiary alicyclic amines) is 1. The van der Waals surface area contributed by atoms with Crippen LogP contribution in [0, 0.1) is 0 Å². The molecule has 1 aliphatic heterocycles. The smallest absolute Gasteiger partial charge is 0.305 e. The summed E-state index contributed by atoms with van der Waals surface area (Å²) in [6.45, 7) is 0.631. The number of aryl methyl sites for hydroxylation is 1. The number of carboxylic acid groups (broad SMARTS) is 1. The van der Waals surface area contributed by atoms with Gasteiger partial charge in [0.15, 0.2) is 11.5 Å². The highest BCUT2D eigenvalue weighted by atomic mass is 16.5. The number of benzene rings is 1. The number of rotatable bonds is 8. The fraction of sp³-hybridized carbons (Fsp3) is 0.556. The van der Waals surface area contributed by atoms with Crippen molar-refractivity contribution < 1.29 is 28.9 Å². The van der Waals surface area contributed by atoms with Crippen LogP contribution >= 0.6 is 0 Å². The molecule has 25 heavy (non-hydrogen) atoms. The number of nitrogens with zero attached hydrogens (tertiary/aromatic N) is 1. The maximum atomic E-state index is 12.5. The van der Waals surface area contributed by atoms with Gasteiger partial charge in [0.25, 0.3) is 0 Å². The van der Waals surface area contributed by atoms with E-state index >= 15 is 0 Å². The van der Waals surface area contributed by atoms with E-state index < -0.39 is 5.97 Å². The molecule has 1 N–H and O–H groups in total. The molecule has 0 saturated carbocycles. The third-order valence-electron chi connectivity index (χ3n) is 4.46. The van der Waals surface area contributed by atoms with E-state index in [9.17, 15) is 9.59 Å². The first-order chi connectivity index (χ1) is 12.0. The summed E-state index contributed by atoms with van der Waals surface area (Å²) in [5, 5.41) is 8.97. The fourth-order valence-corrected chi connectivity index (χ4v) is 3.25. The second-order valence-electron chi connectivity index (χ2n) is 6.01. The number of aliphatic carboxylic acids is 1. The molecule has 0 aliphatic carbocycles. The van der Waals surface area contributed by atoms with Crippen LogP contribution in [0.1, 0.15) is 31.2 Å². The van der Waals surface area contributed by atoms with Crippen molar-refractivity contribution in [2.24, 2.45) is 0 Å². The molecule has 0 aromatic heterocycles. The molecule has 0 spiro atoms. The molecule has 1 amide bonds. The summed E-state index contributed by atoms with van der Waals surface area (Å²) in [5.74, 6) is 0.733. The van der Waals surface area contributed by atoms with Gasteiger partial charge in [-0.3, -0.25) is 9.59 Å². The Morgan fingerprint density at radius 2 is 1.80 bits per heavy atom. The second-order valence-corrected chi connectivity index (χ2v) is 6.01. The standard InChI is InChI=1S/C18H25NO6/c1-23-14-9-12(10-15(24-2)18(14)25-3)6-7-16(20)19-8-4-5-13(19)11-17(21)22/h9-10,13H,4-8,11H2,1-3H3,(H,21,22). The monoisotopic (exact) mass is 351 g/mol. The Morgan fingerprint density at radius 1 is 1.16 bits per heavy atom. The summed E-state index contributed by atoms with van der Waals surface area (Å²) in [6, 6.07) is 3.46. The molecule has 7 nitrogen and oxygen atoms in total. The highest BCUT2D eigenvalue weighted by Gasteiger charge is 2.30. The van der Waals surface area contributed by atoms with Gasteiger partial charge < -0.3 is 24.2 Å². The molecule has 1 aliphatic rings. The molecule has 7 heteroatoms. The van der Waals surface area contributed by atoms with Crippen LogP contribution in [0.25, 0.3) is 0 Å². The number of carbonyl (C=O) groups excluding carboxylic acids is 1. The van der Waals surface area contributed by atoms with Crippen molar-refractivity contribution in [3.63, 3.8) is 0 Å². The van der Waals surface area contributed by atoms with Crippen LogP contribution < -0.4 is 14.2 Å². The molecule has 1 aromatic carbocycles. The molecule has 0 radical (unpaired) electrons. The summed E-state index contributed by atoms with van der Waals surface area (Å²) < 4.78 is 15.9. The highest BCUT2D eigenvalue weighted by molar-refractivity contribution is 5.78. The van der Waals surface area contributed by atoms with E-state index in [1.807, 2.05) is 12.1 Å². The normalized spacial score (nSPS) is 16.6. The van der Waals surface area contributed by atoms with Gasteiger partial charge in [-0.25, -0.2) is 0 Å². The average Bonchev–Trinajstić information content (AvgIpc) is 3.05. The summed E-state index contributed by atoms with van der Waals surface area (Å²) in [4.78, 5) is 25.1. The van der Waals surface area contributed by atoms with E-state index in [0.29, 0.717) is 36.6 Å². The molecule has 138 valence electrons. The maximum absolute atomic E-state index is 12.5.